The number of rotatable bonds is 5. The van der Waals surface area contributed by atoms with Crippen molar-refractivity contribution < 1.29 is 13.2 Å². The number of nitrogens with zero attached hydrogens (tertiary/aromatic N) is 3. The number of carbonyl (C=O) groups excluding carboxylic acids is 1. The van der Waals surface area contributed by atoms with Crippen molar-refractivity contribution in [1.29, 1.82) is 0 Å². The summed E-state index contributed by atoms with van der Waals surface area (Å²) in [6.07, 6.45) is 2.45. The molecule has 0 saturated heterocycles. The monoisotopic (exact) mass is 476 g/mol. The van der Waals surface area contributed by atoms with Crippen molar-refractivity contribution in [3.8, 4) is 17.1 Å². The molecule has 0 saturated carbocycles. The van der Waals surface area contributed by atoms with E-state index in [-0.39, 0.29) is 25.7 Å². The summed E-state index contributed by atoms with van der Waals surface area (Å²) >= 11 is 6.54. The van der Waals surface area contributed by atoms with E-state index in [1.165, 1.54) is 35.3 Å². The fourth-order valence-electron chi connectivity index (χ4n) is 2.59. The van der Waals surface area contributed by atoms with Crippen LogP contribution in [0.4, 0.5) is 10.6 Å². The first-order valence-corrected chi connectivity index (χ1v) is 11.3. The Hall–Kier alpha value is -3.48. The molecule has 4 rings (SSSR count). The lowest BCUT2D eigenvalue weighted by Gasteiger charge is -2.07. The summed E-state index contributed by atoms with van der Waals surface area (Å²) in [6, 6.07) is 12.4. The molecule has 0 atom stereocenters. The molecule has 158 valence electrons. The number of anilines is 1. The van der Waals surface area contributed by atoms with Gasteiger partial charge in [0.1, 0.15) is 4.21 Å². The number of hydrogen-bond donors (Lipinski definition) is 3. The molecule has 10 nitrogen and oxygen atoms in total. The molecule has 0 radical (unpaired) electrons. The largest absolute Gasteiger partial charge is 0.334 e. The first kappa shape index (κ1) is 20.8. The minimum Gasteiger partial charge on any atom is -0.290 e. The number of aromatic amines is 1. The lowest BCUT2D eigenvalue weighted by Crippen LogP contribution is -2.34. The maximum absolute atomic E-state index is 12.3. The van der Waals surface area contributed by atoms with Crippen LogP contribution in [-0.2, 0) is 10.0 Å². The molecule has 3 aromatic heterocycles. The number of nitrogens with one attached hydrogen (secondary N) is 3. The Labute approximate surface area is 184 Å². The predicted molar refractivity (Wildman–Crippen MR) is 116 cm³/mol. The topological polar surface area (TPSA) is 139 Å². The molecule has 0 spiro atoms. The van der Waals surface area contributed by atoms with Gasteiger partial charge >= 0.3 is 6.03 Å². The van der Waals surface area contributed by atoms with Crippen molar-refractivity contribution in [3.05, 3.63) is 75.6 Å². The average molecular weight is 477 g/mol. The summed E-state index contributed by atoms with van der Waals surface area (Å²) in [7, 11) is -4.07. The highest BCUT2D eigenvalue weighted by atomic mass is 35.5. The Balaban J connectivity index is 1.47. The van der Waals surface area contributed by atoms with Crippen LogP contribution in [0.15, 0.2) is 69.9 Å². The van der Waals surface area contributed by atoms with Crippen LogP contribution in [-0.4, -0.2) is 34.2 Å². The highest BCUT2D eigenvalue weighted by Gasteiger charge is 2.20. The minimum atomic E-state index is -4.07. The van der Waals surface area contributed by atoms with E-state index in [1.54, 1.807) is 0 Å². The Morgan fingerprint density at radius 2 is 1.87 bits per heavy atom. The number of thiophene rings is 1. The Kier molecular flexibility index (Phi) is 5.59. The van der Waals surface area contributed by atoms with Crippen LogP contribution in [0, 0.1) is 0 Å². The third kappa shape index (κ3) is 4.66. The van der Waals surface area contributed by atoms with E-state index in [0.29, 0.717) is 5.69 Å². The average Bonchev–Trinajstić information content (AvgIpc) is 3.35. The number of halogens is 1. The molecule has 13 heteroatoms. The number of benzene rings is 1. The molecular formula is C18H13ClN6O4S2. The van der Waals surface area contributed by atoms with Gasteiger partial charge in [0.25, 0.3) is 15.6 Å². The summed E-state index contributed by atoms with van der Waals surface area (Å²) in [4.78, 5) is 32.4. The van der Waals surface area contributed by atoms with Gasteiger partial charge in [0.15, 0.2) is 11.6 Å². The quantitative estimate of drug-likeness (QED) is 0.404. The molecule has 0 bridgehead atoms. The molecule has 31 heavy (non-hydrogen) atoms. The molecule has 4 aromatic rings. The van der Waals surface area contributed by atoms with E-state index in [1.807, 2.05) is 35.1 Å². The maximum atomic E-state index is 12.3. The van der Waals surface area contributed by atoms with Gasteiger partial charge in [-0.05, 0) is 17.7 Å². The number of hydrogen-bond acceptors (Lipinski definition) is 7. The summed E-state index contributed by atoms with van der Waals surface area (Å²) < 4.78 is 27.5. The Bertz CT molecular complexity index is 1390. The highest BCUT2D eigenvalue weighted by molar-refractivity contribution is 7.92. The van der Waals surface area contributed by atoms with Gasteiger partial charge in [-0.15, -0.1) is 11.3 Å². The van der Waals surface area contributed by atoms with Gasteiger partial charge in [0.2, 0.25) is 0 Å². The molecule has 1 aromatic carbocycles. The van der Waals surface area contributed by atoms with Crippen molar-refractivity contribution in [1.82, 2.24) is 24.5 Å². The molecule has 0 unspecified atom stereocenters. The number of H-pyrrole nitrogens is 1. The molecule has 0 fully saturated rings. The second-order valence-electron chi connectivity index (χ2n) is 6.09. The van der Waals surface area contributed by atoms with E-state index >= 15 is 0 Å². The molecule has 0 aliphatic heterocycles. The van der Waals surface area contributed by atoms with Gasteiger partial charge in [-0.2, -0.15) is 4.68 Å². The van der Waals surface area contributed by atoms with E-state index in [4.69, 9.17) is 11.6 Å². The van der Waals surface area contributed by atoms with Crippen molar-refractivity contribution >= 4 is 44.8 Å². The second-order valence-corrected chi connectivity index (χ2v) is 9.71. The summed E-state index contributed by atoms with van der Waals surface area (Å²) in [5.41, 5.74) is 1.09. The van der Waals surface area contributed by atoms with E-state index in [2.05, 4.69) is 20.4 Å². The third-order valence-corrected chi connectivity index (χ3v) is 7.01. The molecule has 3 heterocycles. The van der Waals surface area contributed by atoms with Gasteiger partial charge in [-0.1, -0.05) is 41.9 Å². The molecule has 0 aliphatic carbocycles. The highest BCUT2D eigenvalue weighted by Crippen LogP contribution is 2.25. The SMILES string of the molecule is O=C(Nc1cnc(-n2[nH]c(-c3ccccc3)cc2=O)cn1)NS(=O)(=O)c1ccc(Cl)s1. The minimum absolute atomic E-state index is 0.0106. The van der Waals surface area contributed by atoms with Gasteiger partial charge in [-0.25, -0.2) is 27.9 Å². The lowest BCUT2D eigenvalue weighted by atomic mass is 10.2. The van der Waals surface area contributed by atoms with Gasteiger partial charge < -0.3 is 0 Å². The number of amides is 2. The first-order valence-electron chi connectivity index (χ1n) is 8.61. The zero-order chi connectivity index (χ0) is 22.0. The molecule has 0 aliphatic rings. The third-order valence-electron chi connectivity index (χ3n) is 3.95. The lowest BCUT2D eigenvalue weighted by molar-refractivity contribution is 0.256. The maximum Gasteiger partial charge on any atom is 0.334 e. The normalized spacial score (nSPS) is 11.3. The van der Waals surface area contributed by atoms with Crippen molar-refractivity contribution in [2.24, 2.45) is 0 Å². The van der Waals surface area contributed by atoms with Gasteiger partial charge in [0, 0.05) is 6.07 Å². The van der Waals surface area contributed by atoms with Gasteiger partial charge in [-0.3, -0.25) is 15.2 Å². The Morgan fingerprint density at radius 1 is 1.10 bits per heavy atom. The van der Waals surface area contributed by atoms with Crippen LogP contribution in [0.1, 0.15) is 0 Å². The molecule has 2 amide bonds. The number of urea groups is 1. The molecule has 3 N–H and O–H groups in total. The first-order chi connectivity index (χ1) is 14.8. The van der Waals surface area contributed by atoms with Crippen LogP contribution < -0.4 is 15.6 Å². The van der Waals surface area contributed by atoms with E-state index in [9.17, 15) is 18.0 Å². The summed E-state index contributed by atoms with van der Waals surface area (Å²) in [6.45, 7) is 0. The summed E-state index contributed by atoms with van der Waals surface area (Å²) in [5.74, 6) is 0.183. The number of sulfonamides is 1. The van der Waals surface area contributed by atoms with Crippen LogP contribution in [0.3, 0.4) is 0 Å². The second kappa shape index (κ2) is 8.34. The molecular weight excluding hydrogens is 464 g/mol. The zero-order valence-corrected chi connectivity index (χ0v) is 17.8. The predicted octanol–water partition coefficient (Wildman–Crippen LogP) is 2.85. The van der Waals surface area contributed by atoms with Crippen LogP contribution in [0.2, 0.25) is 4.34 Å². The summed E-state index contributed by atoms with van der Waals surface area (Å²) in [5, 5.41) is 5.21. The smallest absolute Gasteiger partial charge is 0.290 e. The Morgan fingerprint density at radius 3 is 2.52 bits per heavy atom. The van der Waals surface area contributed by atoms with Crippen LogP contribution in [0.5, 0.6) is 0 Å². The van der Waals surface area contributed by atoms with Crippen LogP contribution in [0.25, 0.3) is 17.1 Å². The zero-order valence-electron chi connectivity index (χ0n) is 15.4. The van der Waals surface area contributed by atoms with Gasteiger partial charge in [0.05, 0.1) is 22.4 Å². The fourth-order valence-corrected chi connectivity index (χ4v) is 4.98. The van der Waals surface area contributed by atoms with Crippen molar-refractivity contribution in [2.45, 2.75) is 4.21 Å². The number of aromatic nitrogens is 4. The standard InChI is InChI=1S/C18H13ClN6O4S2/c19-13-6-7-17(30-13)31(28,29)24-18(27)22-14-9-21-15(10-20-14)25-16(26)8-12(23-25)11-4-2-1-3-5-11/h1-10,23H,(H2,20,22,24,27). The van der Waals surface area contributed by atoms with Crippen LogP contribution >= 0.6 is 22.9 Å². The van der Waals surface area contributed by atoms with E-state index in [0.717, 1.165) is 16.9 Å². The fraction of sp³-hybridized carbons (Fsp3) is 0. The van der Waals surface area contributed by atoms with Crippen molar-refractivity contribution in [3.63, 3.8) is 0 Å². The van der Waals surface area contributed by atoms with E-state index < -0.39 is 16.1 Å². The number of carbonyl (C=O) groups is 1. The van der Waals surface area contributed by atoms with Crippen molar-refractivity contribution in [2.75, 3.05) is 5.32 Å².